The van der Waals surface area contributed by atoms with Crippen molar-refractivity contribution in [1.29, 1.82) is 0 Å². The molecule has 0 saturated carbocycles. The van der Waals surface area contributed by atoms with Crippen LogP contribution in [0.4, 0.5) is 0 Å². The molecule has 0 radical (unpaired) electrons. The van der Waals surface area contributed by atoms with Crippen molar-refractivity contribution in [2.45, 2.75) is 220 Å². The second-order valence-electron chi connectivity index (χ2n) is 18.1. The first-order valence-corrected chi connectivity index (χ1v) is 18.8. The molecule has 0 unspecified atom stereocenters. The molecule has 0 spiro atoms. The molecule has 0 atom stereocenters. The highest BCUT2D eigenvalue weighted by atomic mass is 14.0. The molecule has 44 heavy (non-hydrogen) atoms. The van der Waals surface area contributed by atoms with Gasteiger partial charge in [-0.05, 0) is 110 Å². The molecule has 0 fully saturated rings. The van der Waals surface area contributed by atoms with Crippen LogP contribution in [0.3, 0.4) is 0 Å². The van der Waals surface area contributed by atoms with Gasteiger partial charge in [0.05, 0.1) is 0 Å². The molecular formula is C44H104. The highest BCUT2D eigenvalue weighted by molar-refractivity contribution is 4.50. The summed E-state index contributed by atoms with van der Waals surface area (Å²) in [4.78, 5) is 0. The van der Waals surface area contributed by atoms with Crippen LogP contribution >= 0.6 is 0 Å². The fourth-order valence-electron chi connectivity index (χ4n) is 5.66. The first kappa shape index (κ1) is 62.8. The minimum absolute atomic E-state index is 0. The Morgan fingerprint density at radius 2 is 0.205 bits per heavy atom. The third-order valence-corrected chi connectivity index (χ3v) is 5.66. The predicted molar refractivity (Wildman–Crippen MR) is 219 cm³/mol. The Balaban J connectivity index is -0.0000000584. The standard InChI is InChI=1S/6C7H16.2CH4/c6*1-6(2)5-7(3)4;;/h6*6-7H,5H2,1-4H3;2*1H4. The summed E-state index contributed by atoms with van der Waals surface area (Å²) in [5.41, 5.74) is 0. The minimum Gasteiger partial charge on any atom is -0.0776 e. The second-order valence-corrected chi connectivity index (χ2v) is 18.1. The van der Waals surface area contributed by atoms with Gasteiger partial charge in [0.25, 0.3) is 0 Å². The monoisotopic (exact) mass is 633 g/mol. The van der Waals surface area contributed by atoms with Crippen molar-refractivity contribution in [3.05, 3.63) is 0 Å². The van der Waals surface area contributed by atoms with E-state index < -0.39 is 0 Å². The zero-order valence-electron chi connectivity index (χ0n) is 35.2. The highest BCUT2D eigenvalue weighted by Gasteiger charge is 1.98. The third-order valence-electron chi connectivity index (χ3n) is 5.66. The van der Waals surface area contributed by atoms with Gasteiger partial charge in [-0.15, -0.1) is 0 Å². The smallest absolute Gasteiger partial charge is 0.0469 e. The summed E-state index contributed by atoms with van der Waals surface area (Å²) < 4.78 is 0. The highest BCUT2D eigenvalue weighted by Crippen LogP contribution is 2.11. The Labute approximate surface area is 289 Å². The van der Waals surface area contributed by atoms with E-state index in [2.05, 4.69) is 166 Å². The summed E-state index contributed by atoms with van der Waals surface area (Å²) in [5, 5.41) is 0. The largest absolute Gasteiger partial charge is 0.0776 e. The van der Waals surface area contributed by atoms with Crippen LogP contribution in [-0.4, -0.2) is 0 Å². The van der Waals surface area contributed by atoms with Crippen LogP contribution < -0.4 is 0 Å². The van der Waals surface area contributed by atoms with Crippen molar-refractivity contribution in [1.82, 2.24) is 0 Å². The van der Waals surface area contributed by atoms with E-state index in [-0.39, 0.29) is 14.9 Å². The van der Waals surface area contributed by atoms with Gasteiger partial charge in [0.15, 0.2) is 0 Å². The van der Waals surface area contributed by atoms with E-state index in [1.54, 1.807) is 0 Å². The van der Waals surface area contributed by atoms with Crippen LogP contribution in [0.25, 0.3) is 0 Å². The molecule has 0 aromatic carbocycles. The first-order valence-electron chi connectivity index (χ1n) is 18.8. The van der Waals surface area contributed by atoms with Gasteiger partial charge in [-0.3, -0.25) is 0 Å². The van der Waals surface area contributed by atoms with Crippen LogP contribution in [-0.2, 0) is 0 Å². The molecule has 0 heterocycles. The molecule has 0 saturated heterocycles. The molecule has 0 nitrogen and oxygen atoms in total. The quantitative estimate of drug-likeness (QED) is 0.201. The maximum absolute atomic E-state index is 2.26. The summed E-state index contributed by atoms with van der Waals surface area (Å²) in [7, 11) is 0. The Kier molecular flexibility index (Phi) is 61.3. The van der Waals surface area contributed by atoms with E-state index >= 15 is 0 Å². The van der Waals surface area contributed by atoms with Crippen molar-refractivity contribution < 1.29 is 0 Å². The van der Waals surface area contributed by atoms with Gasteiger partial charge < -0.3 is 0 Å². The molecule has 0 aromatic rings. The van der Waals surface area contributed by atoms with Gasteiger partial charge in [-0.25, -0.2) is 0 Å². The molecule has 0 amide bonds. The van der Waals surface area contributed by atoms with Crippen molar-refractivity contribution in [2.75, 3.05) is 0 Å². The zero-order chi connectivity index (χ0) is 35.2. The number of rotatable bonds is 12. The van der Waals surface area contributed by atoms with Gasteiger partial charge in [-0.1, -0.05) is 181 Å². The first-order chi connectivity index (χ1) is 18.8. The lowest BCUT2D eigenvalue weighted by molar-refractivity contribution is 0.469. The van der Waals surface area contributed by atoms with Crippen LogP contribution in [0.15, 0.2) is 0 Å². The van der Waals surface area contributed by atoms with E-state index in [9.17, 15) is 0 Å². The molecule has 0 aliphatic carbocycles. The van der Waals surface area contributed by atoms with Crippen LogP contribution in [0.2, 0.25) is 0 Å². The molecule has 0 aliphatic heterocycles. The fourth-order valence-corrected chi connectivity index (χ4v) is 5.66. The van der Waals surface area contributed by atoms with Crippen molar-refractivity contribution in [3.63, 3.8) is 0 Å². The van der Waals surface area contributed by atoms with Crippen molar-refractivity contribution in [2.24, 2.45) is 71.0 Å². The molecule has 280 valence electrons. The maximum atomic E-state index is 2.26. The number of hydrogen-bond acceptors (Lipinski definition) is 0. The normalized spacial score (nSPS) is 10.6. The Morgan fingerprint density at radius 1 is 0.159 bits per heavy atom. The Morgan fingerprint density at radius 3 is 0.205 bits per heavy atom. The van der Waals surface area contributed by atoms with E-state index in [0.717, 1.165) is 71.0 Å². The molecular weight excluding hydrogens is 528 g/mol. The summed E-state index contributed by atoms with van der Waals surface area (Å²) in [6.45, 7) is 54.3. The van der Waals surface area contributed by atoms with Gasteiger partial charge in [0.1, 0.15) is 0 Å². The maximum Gasteiger partial charge on any atom is -0.0469 e. The van der Waals surface area contributed by atoms with Gasteiger partial charge in [0.2, 0.25) is 0 Å². The summed E-state index contributed by atoms with van der Waals surface area (Å²) >= 11 is 0. The lowest BCUT2D eigenvalue weighted by Crippen LogP contribution is -1.93. The van der Waals surface area contributed by atoms with Gasteiger partial charge in [-0.2, -0.15) is 0 Å². The van der Waals surface area contributed by atoms with Gasteiger partial charge >= 0.3 is 0 Å². The second kappa shape index (κ2) is 43.0. The van der Waals surface area contributed by atoms with Gasteiger partial charge in [0, 0.05) is 0 Å². The lowest BCUT2D eigenvalue weighted by atomic mass is 10.0. The molecule has 0 bridgehead atoms. The summed E-state index contributed by atoms with van der Waals surface area (Å²) in [6, 6.07) is 0. The molecule has 0 aromatic heterocycles. The van der Waals surface area contributed by atoms with E-state index in [0.29, 0.717) is 0 Å². The van der Waals surface area contributed by atoms with Crippen molar-refractivity contribution >= 4 is 0 Å². The van der Waals surface area contributed by atoms with Crippen LogP contribution in [0.5, 0.6) is 0 Å². The Hall–Kier alpha value is 0. The van der Waals surface area contributed by atoms with E-state index in [1.807, 2.05) is 0 Å². The summed E-state index contributed by atoms with van der Waals surface area (Å²) in [5.74, 6) is 10.5. The minimum atomic E-state index is 0. The van der Waals surface area contributed by atoms with E-state index in [1.165, 1.54) is 38.5 Å². The zero-order valence-corrected chi connectivity index (χ0v) is 35.2. The van der Waals surface area contributed by atoms with Crippen LogP contribution in [0.1, 0.15) is 220 Å². The van der Waals surface area contributed by atoms with Crippen molar-refractivity contribution in [3.8, 4) is 0 Å². The topological polar surface area (TPSA) is 0 Å². The molecule has 0 aliphatic rings. The predicted octanol–water partition coefficient (Wildman–Crippen LogP) is 17.4. The summed E-state index contributed by atoms with van der Waals surface area (Å²) in [6.07, 6.45) is 8.17. The number of hydrogen-bond donors (Lipinski definition) is 0. The van der Waals surface area contributed by atoms with Crippen LogP contribution in [0, 0.1) is 71.0 Å². The fraction of sp³-hybridized carbons (Fsp3) is 1.00. The SMILES string of the molecule is C.C.CC(C)CC(C)C.CC(C)CC(C)C.CC(C)CC(C)C.CC(C)CC(C)C.CC(C)CC(C)C.CC(C)CC(C)C. The molecule has 0 rings (SSSR count). The van der Waals surface area contributed by atoms with E-state index in [4.69, 9.17) is 0 Å². The molecule has 0 heteroatoms. The molecule has 0 N–H and O–H groups in total. The third kappa shape index (κ3) is 123. The average molecular weight is 633 g/mol. The Bertz CT molecular complexity index is 284. The average Bonchev–Trinajstić information content (AvgIpc) is 2.63. The lowest BCUT2D eigenvalue weighted by Gasteiger charge is -2.05.